The second-order valence-corrected chi connectivity index (χ2v) is 10.6. The van der Waals surface area contributed by atoms with Gasteiger partial charge < -0.3 is 10.2 Å². The van der Waals surface area contributed by atoms with Crippen LogP contribution in [0.1, 0.15) is 19.4 Å². The van der Waals surface area contributed by atoms with Crippen molar-refractivity contribution in [3.05, 3.63) is 62.7 Å². The summed E-state index contributed by atoms with van der Waals surface area (Å²) >= 11 is 0. The number of nitro benzene ring substituents is 1. The zero-order valence-electron chi connectivity index (χ0n) is 20.2. The molecule has 1 aliphatic rings. The number of nitrogens with one attached hydrogen (secondary N) is 1. The first kappa shape index (κ1) is 27.4. The van der Waals surface area contributed by atoms with Crippen LogP contribution in [0.5, 0.6) is 0 Å². The normalized spacial score (nSPS) is 14.1. The number of anilines is 1. The van der Waals surface area contributed by atoms with Gasteiger partial charge in [0.1, 0.15) is 18.9 Å². The third-order valence-corrected chi connectivity index (χ3v) is 7.42. The van der Waals surface area contributed by atoms with Crippen LogP contribution in [0.3, 0.4) is 0 Å². The van der Waals surface area contributed by atoms with E-state index in [4.69, 9.17) is 0 Å². The summed E-state index contributed by atoms with van der Waals surface area (Å²) in [5.74, 6) is -2.52. The van der Waals surface area contributed by atoms with Gasteiger partial charge in [-0.05, 0) is 12.5 Å². The summed E-state index contributed by atoms with van der Waals surface area (Å²) in [5, 5.41) is 13.6. The molecule has 0 atom stereocenters. The number of rotatable bonds is 9. The summed E-state index contributed by atoms with van der Waals surface area (Å²) < 4.78 is 27.2. The van der Waals surface area contributed by atoms with Crippen LogP contribution >= 0.6 is 0 Å². The van der Waals surface area contributed by atoms with Gasteiger partial charge in [0.2, 0.25) is 21.8 Å². The molecule has 0 unspecified atom stereocenters. The summed E-state index contributed by atoms with van der Waals surface area (Å²) in [6, 6.07) is 7.11. The highest BCUT2D eigenvalue weighted by molar-refractivity contribution is 7.89. The number of sulfonamides is 1. The van der Waals surface area contributed by atoms with E-state index in [-0.39, 0.29) is 48.4 Å². The Morgan fingerprint density at radius 3 is 2.49 bits per heavy atom. The topological polar surface area (TPSA) is 182 Å². The summed E-state index contributed by atoms with van der Waals surface area (Å²) in [6.45, 7) is 2.06. The molecule has 15 heteroatoms. The molecule has 3 rings (SSSR count). The summed E-state index contributed by atoms with van der Waals surface area (Å²) in [7, 11) is -4.09. The molecule has 14 nitrogen and oxygen atoms in total. The van der Waals surface area contributed by atoms with Crippen molar-refractivity contribution in [2.24, 2.45) is 5.92 Å². The Kier molecular flexibility index (Phi) is 8.37. The maximum atomic E-state index is 12.8. The lowest BCUT2D eigenvalue weighted by molar-refractivity contribution is -0.385. The number of carbonyl (C=O) groups excluding carboxylic acids is 3. The van der Waals surface area contributed by atoms with Crippen LogP contribution in [0.4, 0.5) is 11.5 Å². The lowest BCUT2D eigenvalue weighted by Gasteiger charge is -2.33. The molecule has 3 amide bonds. The molecule has 1 saturated heterocycles. The monoisotopic (exact) mass is 534 g/mol. The minimum Gasteiger partial charge on any atom is -0.330 e. The number of nitrogens with zero attached hydrogens (tertiary/aromatic N) is 5. The van der Waals surface area contributed by atoms with Crippen LogP contribution in [-0.2, 0) is 37.4 Å². The average Bonchev–Trinajstić information content (AvgIpc) is 2.84. The first-order chi connectivity index (χ1) is 17.4. The second kappa shape index (κ2) is 11.3. The number of para-hydroxylation sites is 1. The SMILES string of the molecule is CC(C)C(=O)Nc1ccn(CC(=O)N2CCN(S(=O)(=O)CCc3ccccc3[N+](=O)[O-])C(=O)C2)c(=O)n1. The standard InChI is InChI=1S/C22H26N6O8S/c1-15(2)21(31)23-18-7-9-26(22(32)24-18)13-19(29)25-10-11-27(20(30)14-25)37(35,36)12-8-16-5-3-4-6-17(16)28(33)34/h3-7,9,15H,8,10-14H2,1-2H3,(H,23,24,31,32). The molecule has 2 aromatic rings. The first-order valence-electron chi connectivity index (χ1n) is 11.3. The van der Waals surface area contributed by atoms with E-state index in [2.05, 4.69) is 10.3 Å². The van der Waals surface area contributed by atoms with Crippen LogP contribution in [0, 0.1) is 16.0 Å². The molecule has 0 spiro atoms. The van der Waals surface area contributed by atoms with Gasteiger partial charge in [-0.3, -0.25) is 29.1 Å². The smallest absolute Gasteiger partial charge is 0.330 e. The zero-order chi connectivity index (χ0) is 27.3. The van der Waals surface area contributed by atoms with Crippen molar-refractivity contribution in [1.82, 2.24) is 18.8 Å². The number of aromatic nitrogens is 2. The van der Waals surface area contributed by atoms with E-state index >= 15 is 0 Å². The molecular formula is C22H26N6O8S. The number of carbonyl (C=O) groups is 3. The zero-order valence-corrected chi connectivity index (χ0v) is 21.0. The Morgan fingerprint density at radius 1 is 1.16 bits per heavy atom. The van der Waals surface area contributed by atoms with Crippen LogP contribution in [0.15, 0.2) is 41.3 Å². The maximum absolute atomic E-state index is 12.8. The van der Waals surface area contributed by atoms with Crippen molar-refractivity contribution in [2.45, 2.75) is 26.8 Å². The van der Waals surface area contributed by atoms with E-state index in [1.54, 1.807) is 19.9 Å². The first-order valence-corrected chi connectivity index (χ1v) is 12.9. The van der Waals surface area contributed by atoms with E-state index in [9.17, 15) is 37.7 Å². The summed E-state index contributed by atoms with van der Waals surface area (Å²) in [5.41, 5.74) is -0.761. The fraction of sp³-hybridized carbons (Fsp3) is 0.409. The fourth-order valence-electron chi connectivity index (χ4n) is 3.55. The van der Waals surface area contributed by atoms with Crippen LogP contribution in [0.2, 0.25) is 0 Å². The van der Waals surface area contributed by atoms with Gasteiger partial charge in [-0.15, -0.1) is 0 Å². The molecule has 0 radical (unpaired) electrons. The largest absolute Gasteiger partial charge is 0.349 e. The molecule has 0 bridgehead atoms. The molecule has 0 saturated carbocycles. The number of piperazine rings is 1. The quantitative estimate of drug-likeness (QED) is 0.342. The number of aryl methyl sites for hydroxylation is 1. The van der Waals surface area contributed by atoms with Crippen LogP contribution in [0.25, 0.3) is 0 Å². The third kappa shape index (κ3) is 6.75. The van der Waals surface area contributed by atoms with Crippen LogP contribution < -0.4 is 11.0 Å². The third-order valence-electron chi connectivity index (χ3n) is 5.64. The lowest BCUT2D eigenvalue weighted by Crippen LogP contribution is -2.55. The molecule has 1 N–H and O–H groups in total. The lowest BCUT2D eigenvalue weighted by atomic mass is 10.1. The van der Waals surface area contributed by atoms with E-state index in [0.29, 0.717) is 4.31 Å². The van der Waals surface area contributed by atoms with Gasteiger partial charge in [-0.25, -0.2) is 17.5 Å². The average molecular weight is 535 g/mol. The fourth-order valence-corrected chi connectivity index (χ4v) is 4.98. The molecule has 1 aromatic carbocycles. The highest BCUT2D eigenvalue weighted by atomic mass is 32.2. The Morgan fingerprint density at radius 2 is 1.86 bits per heavy atom. The Balaban J connectivity index is 1.60. The van der Waals surface area contributed by atoms with E-state index in [1.165, 1.54) is 30.5 Å². The number of nitro groups is 1. The number of hydrogen-bond acceptors (Lipinski definition) is 9. The Hall–Kier alpha value is -4.14. The van der Waals surface area contributed by atoms with E-state index < -0.39 is 51.3 Å². The minimum absolute atomic E-state index is 0.0437. The van der Waals surface area contributed by atoms with Gasteiger partial charge in [0, 0.05) is 30.3 Å². The van der Waals surface area contributed by atoms with Gasteiger partial charge in [-0.1, -0.05) is 32.0 Å². The molecule has 1 fully saturated rings. The van der Waals surface area contributed by atoms with Crippen molar-refractivity contribution < 1.29 is 27.7 Å². The second-order valence-electron chi connectivity index (χ2n) is 8.60. The van der Waals surface area contributed by atoms with Crippen molar-refractivity contribution in [3.8, 4) is 0 Å². The van der Waals surface area contributed by atoms with Gasteiger partial charge in [0.15, 0.2) is 0 Å². The minimum atomic E-state index is -4.09. The van der Waals surface area contributed by atoms with Crippen LogP contribution in [-0.4, -0.2) is 75.2 Å². The number of amides is 3. The van der Waals surface area contributed by atoms with Gasteiger partial charge in [0.05, 0.1) is 17.2 Å². The molecule has 37 heavy (non-hydrogen) atoms. The highest BCUT2D eigenvalue weighted by Crippen LogP contribution is 2.20. The molecule has 198 valence electrons. The van der Waals surface area contributed by atoms with Gasteiger partial charge in [0.25, 0.3) is 11.6 Å². The van der Waals surface area contributed by atoms with E-state index in [1.807, 2.05) is 0 Å². The van der Waals surface area contributed by atoms with Gasteiger partial charge in [-0.2, -0.15) is 4.98 Å². The molecule has 0 aliphatic carbocycles. The summed E-state index contributed by atoms with van der Waals surface area (Å²) in [4.78, 5) is 64.7. The van der Waals surface area contributed by atoms with Crippen molar-refractivity contribution in [3.63, 3.8) is 0 Å². The number of benzene rings is 1. The van der Waals surface area contributed by atoms with Crippen molar-refractivity contribution in [2.75, 3.05) is 30.7 Å². The summed E-state index contributed by atoms with van der Waals surface area (Å²) in [6.07, 6.45) is 1.13. The Labute approximate surface area is 212 Å². The predicted molar refractivity (Wildman–Crippen MR) is 131 cm³/mol. The number of hydrogen-bond donors (Lipinski definition) is 1. The van der Waals surface area contributed by atoms with E-state index in [0.717, 1.165) is 9.47 Å². The molecule has 1 aromatic heterocycles. The molecular weight excluding hydrogens is 508 g/mol. The predicted octanol–water partition coefficient (Wildman–Crippen LogP) is -0.0107. The molecule has 1 aliphatic heterocycles. The highest BCUT2D eigenvalue weighted by Gasteiger charge is 2.34. The van der Waals surface area contributed by atoms with Crippen molar-refractivity contribution >= 4 is 39.3 Å². The van der Waals surface area contributed by atoms with Crippen molar-refractivity contribution in [1.29, 1.82) is 0 Å². The Bertz CT molecular complexity index is 1390. The maximum Gasteiger partial charge on any atom is 0.349 e. The molecule has 2 heterocycles. The van der Waals surface area contributed by atoms with Gasteiger partial charge >= 0.3 is 5.69 Å².